The lowest BCUT2D eigenvalue weighted by Gasteiger charge is -2.32. The predicted molar refractivity (Wildman–Crippen MR) is 81.3 cm³/mol. The molecule has 2 aliphatic rings. The summed E-state index contributed by atoms with van der Waals surface area (Å²) in [5.74, 6) is 1.48. The van der Waals surface area contributed by atoms with Crippen LogP contribution in [0.2, 0.25) is 0 Å². The van der Waals surface area contributed by atoms with Gasteiger partial charge in [-0.3, -0.25) is 0 Å². The molecule has 2 unspecified atom stereocenters. The van der Waals surface area contributed by atoms with E-state index in [0.29, 0.717) is 0 Å². The molecular formula is C18H26FN. The second-order valence-corrected chi connectivity index (χ2v) is 6.76. The van der Waals surface area contributed by atoms with Crippen LogP contribution in [0.5, 0.6) is 0 Å². The van der Waals surface area contributed by atoms with Crippen LogP contribution in [-0.4, -0.2) is 12.6 Å². The number of rotatable bonds is 5. The molecule has 0 spiro atoms. The van der Waals surface area contributed by atoms with Crippen molar-refractivity contribution in [1.29, 1.82) is 0 Å². The summed E-state index contributed by atoms with van der Waals surface area (Å²) in [5, 5.41) is 3.71. The molecule has 2 aliphatic carbocycles. The topological polar surface area (TPSA) is 12.0 Å². The maximum Gasteiger partial charge on any atom is 0.123 e. The van der Waals surface area contributed by atoms with E-state index in [1.807, 2.05) is 13.0 Å². The zero-order chi connectivity index (χ0) is 13.9. The first kappa shape index (κ1) is 14.1. The van der Waals surface area contributed by atoms with Crippen LogP contribution >= 0.6 is 0 Å². The molecule has 2 fully saturated rings. The smallest absolute Gasteiger partial charge is 0.123 e. The van der Waals surface area contributed by atoms with Gasteiger partial charge in [0.05, 0.1) is 0 Å². The highest BCUT2D eigenvalue weighted by Crippen LogP contribution is 2.33. The first-order valence-electron chi connectivity index (χ1n) is 8.21. The van der Waals surface area contributed by atoms with E-state index in [4.69, 9.17) is 0 Å². The van der Waals surface area contributed by atoms with Crippen LogP contribution in [0.1, 0.15) is 49.7 Å². The van der Waals surface area contributed by atoms with E-state index in [9.17, 15) is 4.39 Å². The molecule has 1 N–H and O–H groups in total. The number of hydrogen-bond donors (Lipinski definition) is 1. The zero-order valence-electron chi connectivity index (χ0n) is 12.5. The first-order valence-corrected chi connectivity index (χ1v) is 8.21. The number of hydrogen-bond acceptors (Lipinski definition) is 1. The van der Waals surface area contributed by atoms with Gasteiger partial charge in [0.25, 0.3) is 0 Å². The maximum absolute atomic E-state index is 13.2. The molecule has 1 aromatic rings. The van der Waals surface area contributed by atoms with Crippen molar-refractivity contribution in [3.05, 3.63) is 35.1 Å². The van der Waals surface area contributed by atoms with Gasteiger partial charge in [0.1, 0.15) is 5.82 Å². The highest BCUT2D eigenvalue weighted by molar-refractivity contribution is 5.27. The lowest BCUT2D eigenvalue weighted by Crippen LogP contribution is -2.32. The fraction of sp³-hybridized carbons (Fsp3) is 0.667. The molecule has 0 heterocycles. The maximum atomic E-state index is 13.2. The Morgan fingerprint density at radius 2 is 1.85 bits per heavy atom. The Balaban J connectivity index is 1.62. The molecule has 0 amide bonds. The van der Waals surface area contributed by atoms with Crippen molar-refractivity contribution in [2.24, 2.45) is 11.8 Å². The van der Waals surface area contributed by atoms with Crippen molar-refractivity contribution in [1.82, 2.24) is 5.32 Å². The van der Waals surface area contributed by atoms with Gasteiger partial charge in [0.2, 0.25) is 0 Å². The zero-order valence-corrected chi connectivity index (χ0v) is 12.5. The predicted octanol–water partition coefficient (Wildman–Crippen LogP) is 4.24. The summed E-state index contributed by atoms with van der Waals surface area (Å²) in [7, 11) is 0. The van der Waals surface area contributed by atoms with E-state index in [0.717, 1.165) is 29.9 Å². The number of nitrogens with one attached hydrogen (secondary N) is 1. The van der Waals surface area contributed by atoms with Crippen LogP contribution < -0.4 is 5.32 Å². The summed E-state index contributed by atoms with van der Waals surface area (Å²) in [6.45, 7) is 3.23. The van der Waals surface area contributed by atoms with Crippen molar-refractivity contribution in [3.63, 3.8) is 0 Å². The van der Waals surface area contributed by atoms with Gasteiger partial charge in [0, 0.05) is 6.04 Å². The Morgan fingerprint density at radius 3 is 2.55 bits per heavy atom. The van der Waals surface area contributed by atoms with Crippen molar-refractivity contribution in [2.75, 3.05) is 6.54 Å². The van der Waals surface area contributed by atoms with Crippen LogP contribution in [0.3, 0.4) is 0 Å². The van der Waals surface area contributed by atoms with Gasteiger partial charge in [0.15, 0.2) is 0 Å². The third-order valence-electron chi connectivity index (χ3n) is 5.10. The molecule has 2 saturated carbocycles. The van der Waals surface area contributed by atoms with Crippen molar-refractivity contribution < 1.29 is 4.39 Å². The van der Waals surface area contributed by atoms with Gasteiger partial charge in [-0.25, -0.2) is 4.39 Å². The largest absolute Gasteiger partial charge is 0.314 e. The lowest BCUT2D eigenvalue weighted by molar-refractivity contribution is 0.228. The van der Waals surface area contributed by atoms with E-state index in [1.165, 1.54) is 50.6 Å². The van der Waals surface area contributed by atoms with Crippen LogP contribution in [0, 0.1) is 24.6 Å². The lowest BCUT2D eigenvalue weighted by atomic mass is 9.75. The molecular weight excluding hydrogens is 249 g/mol. The van der Waals surface area contributed by atoms with E-state index >= 15 is 0 Å². The van der Waals surface area contributed by atoms with Gasteiger partial charge in [-0.05, 0) is 80.7 Å². The molecule has 1 nitrogen and oxygen atoms in total. The Labute approximate surface area is 122 Å². The molecule has 110 valence electrons. The molecule has 0 radical (unpaired) electrons. The van der Waals surface area contributed by atoms with Gasteiger partial charge in [-0.15, -0.1) is 0 Å². The van der Waals surface area contributed by atoms with Crippen LogP contribution in [0.15, 0.2) is 18.2 Å². The average Bonchev–Trinajstić information content (AvgIpc) is 3.25. The highest BCUT2D eigenvalue weighted by atomic mass is 19.1. The molecule has 0 aromatic heterocycles. The van der Waals surface area contributed by atoms with Crippen molar-refractivity contribution in [2.45, 2.75) is 57.9 Å². The fourth-order valence-corrected chi connectivity index (χ4v) is 3.60. The SMILES string of the molecule is Cc1cc(F)ccc1CC1CCCCC1CNC1CC1. The fourth-order valence-electron chi connectivity index (χ4n) is 3.60. The summed E-state index contributed by atoms with van der Waals surface area (Å²) in [6, 6.07) is 6.09. The van der Waals surface area contributed by atoms with Crippen molar-refractivity contribution in [3.8, 4) is 0 Å². The van der Waals surface area contributed by atoms with E-state index in [-0.39, 0.29) is 5.82 Å². The van der Waals surface area contributed by atoms with Crippen molar-refractivity contribution >= 4 is 0 Å². The molecule has 0 saturated heterocycles. The highest BCUT2D eigenvalue weighted by Gasteiger charge is 2.28. The van der Waals surface area contributed by atoms with E-state index in [1.54, 1.807) is 12.1 Å². The van der Waals surface area contributed by atoms with Crippen LogP contribution in [0.4, 0.5) is 4.39 Å². The molecule has 2 heteroatoms. The summed E-state index contributed by atoms with van der Waals surface area (Å²) in [5.41, 5.74) is 2.46. The summed E-state index contributed by atoms with van der Waals surface area (Å²) < 4.78 is 13.2. The molecule has 1 aromatic carbocycles. The monoisotopic (exact) mass is 275 g/mol. The minimum atomic E-state index is -0.109. The van der Waals surface area contributed by atoms with Gasteiger partial charge < -0.3 is 5.32 Å². The first-order chi connectivity index (χ1) is 9.72. The molecule has 3 rings (SSSR count). The Bertz CT molecular complexity index is 453. The Morgan fingerprint density at radius 1 is 1.10 bits per heavy atom. The number of benzene rings is 1. The molecule has 0 bridgehead atoms. The van der Waals surface area contributed by atoms with Gasteiger partial charge in [-0.2, -0.15) is 0 Å². The Kier molecular flexibility index (Phi) is 4.40. The van der Waals surface area contributed by atoms with Crippen LogP contribution in [-0.2, 0) is 6.42 Å². The van der Waals surface area contributed by atoms with E-state index in [2.05, 4.69) is 5.32 Å². The molecule has 2 atom stereocenters. The molecule has 20 heavy (non-hydrogen) atoms. The summed E-state index contributed by atoms with van der Waals surface area (Å²) in [4.78, 5) is 0. The summed E-state index contributed by atoms with van der Waals surface area (Å²) in [6.07, 6.45) is 9.32. The second kappa shape index (κ2) is 6.26. The average molecular weight is 275 g/mol. The van der Waals surface area contributed by atoms with Crippen LogP contribution in [0.25, 0.3) is 0 Å². The standard InChI is InChI=1S/C18H26FN/c1-13-10-17(19)7-6-14(13)11-15-4-2-3-5-16(15)12-20-18-8-9-18/h6-7,10,15-16,18,20H,2-5,8-9,11-12H2,1H3. The second-order valence-electron chi connectivity index (χ2n) is 6.76. The van der Waals surface area contributed by atoms with Gasteiger partial charge in [-0.1, -0.05) is 18.9 Å². The number of halogens is 1. The van der Waals surface area contributed by atoms with E-state index < -0.39 is 0 Å². The van der Waals surface area contributed by atoms with Gasteiger partial charge >= 0.3 is 0 Å². The quantitative estimate of drug-likeness (QED) is 0.847. The minimum absolute atomic E-state index is 0.109. The third-order valence-corrected chi connectivity index (χ3v) is 5.10. The Hall–Kier alpha value is -0.890. The summed E-state index contributed by atoms with van der Waals surface area (Å²) >= 11 is 0. The minimum Gasteiger partial charge on any atom is -0.314 e. The normalized spacial score (nSPS) is 26.7. The number of aryl methyl sites for hydroxylation is 1. The molecule has 0 aliphatic heterocycles. The third kappa shape index (κ3) is 3.60.